The summed E-state index contributed by atoms with van der Waals surface area (Å²) < 4.78 is 4.68. The average molecular weight is 192 g/mol. The first-order valence-corrected chi connectivity index (χ1v) is 4.54. The van der Waals surface area contributed by atoms with Crippen molar-refractivity contribution >= 4 is 5.97 Å². The summed E-state index contributed by atoms with van der Waals surface area (Å²) in [5.41, 5.74) is 8.39. The molecule has 0 unspecified atom stereocenters. The zero-order chi connectivity index (χ0) is 10.1. The molecule has 2 N–H and O–H groups in total. The Balaban J connectivity index is 2.52. The van der Waals surface area contributed by atoms with Crippen LogP contribution in [0.1, 0.15) is 33.9 Å². The third kappa shape index (κ3) is 1.28. The monoisotopic (exact) mass is 192 g/mol. The smallest absolute Gasteiger partial charge is 0.339 e. The molecule has 2 rings (SSSR count). The van der Waals surface area contributed by atoms with Crippen molar-refractivity contribution in [1.29, 1.82) is 0 Å². The van der Waals surface area contributed by atoms with E-state index in [9.17, 15) is 4.79 Å². The molecule has 0 saturated carbocycles. The van der Waals surface area contributed by atoms with Crippen LogP contribution in [-0.4, -0.2) is 18.1 Å². The summed E-state index contributed by atoms with van der Waals surface area (Å²) in [5.74, 6) is -0.355. The number of aromatic nitrogens is 1. The lowest BCUT2D eigenvalue weighted by Crippen LogP contribution is -2.13. The molecule has 1 aliphatic carbocycles. The highest BCUT2D eigenvalue weighted by molar-refractivity contribution is 5.91. The van der Waals surface area contributed by atoms with E-state index >= 15 is 0 Å². The number of carbonyl (C=O) groups excluding carboxylic acids is 1. The van der Waals surface area contributed by atoms with Gasteiger partial charge in [0.05, 0.1) is 12.7 Å². The molecule has 74 valence electrons. The fourth-order valence-corrected chi connectivity index (χ4v) is 1.88. The van der Waals surface area contributed by atoms with Crippen molar-refractivity contribution in [3.8, 4) is 0 Å². The lowest BCUT2D eigenvalue weighted by molar-refractivity contribution is 0.0598. The molecular formula is C10H12N2O2. The molecule has 0 saturated heterocycles. The molecular weight excluding hydrogens is 180 g/mol. The molecule has 1 aliphatic rings. The summed E-state index contributed by atoms with van der Waals surface area (Å²) in [7, 11) is 1.36. The first-order chi connectivity index (χ1) is 6.74. The number of nitrogens with zero attached hydrogens (tertiary/aromatic N) is 1. The molecule has 4 heteroatoms. The van der Waals surface area contributed by atoms with Crippen molar-refractivity contribution in [2.75, 3.05) is 7.11 Å². The van der Waals surface area contributed by atoms with E-state index in [1.165, 1.54) is 13.3 Å². The second kappa shape index (κ2) is 3.38. The highest BCUT2D eigenvalue weighted by atomic mass is 16.5. The number of esters is 1. The third-order valence-electron chi connectivity index (χ3n) is 2.57. The van der Waals surface area contributed by atoms with Gasteiger partial charge in [-0.15, -0.1) is 0 Å². The fourth-order valence-electron chi connectivity index (χ4n) is 1.88. The maximum Gasteiger partial charge on any atom is 0.339 e. The van der Waals surface area contributed by atoms with Gasteiger partial charge in [-0.2, -0.15) is 0 Å². The number of pyridine rings is 1. The summed E-state index contributed by atoms with van der Waals surface area (Å²) in [5, 5.41) is 0. The number of rotatable bonds is 1. The molecule has 0 radical (unpaired) electrons. The van der Waals surface area contributed by atoms with Gasteiger partial charge < -0.3 is 10.5 Å². The number of ether oxygens (including phenoxy) is 1. The molecule has 0 aromatic carbocycles. The summed E-state index contributed by atoms with van der Waals surface area (Å²) in [6.45, 7) is 0. The molecule has 1 aromatic rings. The Morgan fingerprint density at radius 3 is 3.14 bits per heavy atom. The average Bonchev–Trinajstić information content (AvgIpc) is 2.59. The van der Waals surface area contributed by atoms with Gasteiger partial charge >= 0.3 is 5.97 Å². The minimum Gasteiger partial charge on any atom is -0.465 e. The van der Waals surface area contributed by atoms with Crippen molar-refractivity contribution in [3.05, 3.63) is 29.1 Å². The number of hydrogen-bond acceptors (Lipinski definition) is 4. The first kappa shape index (κ1) is 9.15. The van der Waals surface area contributed by atoms with Crippen molar-refractivity contribution < 1.29 is 9.53 Å². The molecule has 0 bridgehead atoms. The Morgan fingerprint density at radius 1 is 1.64 bits per heavy atom. The highest BCUT2D eigenvalue weighted by Crippen LogP contribution is 2.31. The molecule has 1 aromatic heterocycles. The van der Waals surface area contributed by atoms with Crippen LogP contribution < -0.4 is 5.73 Å². The van der Waals surface area contributed by atoms with E-state index in [0.717, 1.165) is 24.0 Å². The Hall–Kier alpha value is -1.42. The van der Waals surface area contributed by atoms with Gasteiger partial charge in [-0.05, 0) is 24.0 Å². The van der Waals surface area contributed by atoms with E-state index in [0.29, 0.717) is 5.56 Å². The predicted octanol–water partition coefficient (Wildman–Crippen LogP) is 0.814. The van der Waals surface area contributed by atoms with E-state index in [2.05, 4.69) is 9.72 Å². The molecule has 4 nitrogen and oxygen atoms in total. The molecule has 14 heavy (non-hydrogen) atoms. The van der Waals surface area contributed by atoms with Gasteiger partial charge in [0.1, 0.15) is 0 Å². The Morgan fingerprint density at radius 2 is 2.43 bits per heavy atom. The summed E-state index contributed by atoms with van der Waals surface area (Å²) in [6.07, 6.45) is 5.07. The van der Waals surface area contributed by atoms with Crippen molar-refractivity contribution in [2.24, 2.45) is 5.73 Å². The van der Waals surface area contributed by atoms with Crippen LogP contribution in [-0.2, 0) is 11.2 Å². The van der Waals surface area contributed by atoms with Crippen molar-refractivity contribution in [3.63, 3.8) is 0 Å². The molecule has 1 heterocycles. The number of fused-ring (bicyclic) bond motifs is 1. The van der Waals surface area contributed by atoms with Crippen LogP contribution >= 0.6 is 0 Å². The number of aryl methyl sites for hydroxylation is 1. The maximum atomic E-state index is 11.4. The number of methoxy groups -OCH3 is 1. The quantitative estimate of drug-likeness (QED) is 0.669. The predicted molar refractivity (Wildman–Crippen MR) is 50.8 cm³/mol. The van der Waals surface area contributed by atoms with Crippen LogP contribution in [0.3, 0.4) is 0 Å². The molecule has 0 spiro atoms. The first-order valence-electron chi connectivity index (χ1n) is 4.54. The second-order valence-corrected chi connectivity index (χ2v) is 3.40. The lowest BCUT2D eigenvalue weighted by atomic mass is 10.0. The van der Waals surface area contributed by atoms with Gasteiger partial charge in [0.25, 0.3) is 0 Å². The normalized spacial score (nSPS) is 19.1. The van der Waals surface area contributed by atoms with E-state index in [1.54, 1.807) is 6.20 Å². The van der Waals surface area contributed by atoms with Crippen LogP contribution in [0.25, 0.3) is 0 Å². The van der Waals surface area contributed by atoms with Crippen LogP contribution in [0.4, 0.5) is 0 Å². The standard InChI is InChI=1S/C10H12N2O2/c1-14-10(13)7-5-12-4-6-2-3-8(11)9(6)7/h4-5,8H,2-3,11H2,1H3/t8-/m1/s1. The molecule has 0 fully saturated rings. The minimum absolute atomic E-state index is 0.0536. The van der Waals surface area contributed by atoms with E-state index in [-0.39, 0.29) is 12.0 Å². The summed E-state index contributed by atoms with van der Waals surface area (Å²) in [4.78, 5) is 15.4. The minimum atomic E-state index is -0.355. The van der Waals surface area contributed by atoms with Crippen LogP contribution in [0, 0.1) is 0 Å². The maximum absolute atomic E-state index is 11.4. The van der Waals surface area contributed by atoms with E-state index < -0.39 is 0 Å². The summed E-state index contributed by atoms with van der Waals surface area (Å²) in [6, 6.07) is -0.0536. The zero-order valence-corrected chi connectivity index (χ0v) is 7.99. The van der Waals surface area contributed by atoms with Gasteiger partial charge in [-0.3, -0.25) is 4.98 Å². The van der Waals surface area contributed by atoms with Gasteiger partial charge in [0, 0.05) is 18.4 Å². The zero-order valence-electron chi connectivity index (χ0n) is 7.99. The Kier molecular flexibility index (Phi) is 2.21. The lowest BCUT2D eigenvalue weighted by Gasteiger charge is -2.09. The van der Waals surface area contributed by atoms with Crippen molar-refractivity contribution in [2.45, 2.75) is 18.9 Å². The fraction of sp³-hybridized carbons (Fsp3) is 0.400. The third-order valence-corrected chi connectivity index (χ3v) is 2.57. The summed E-state index contributed by atoms with van der Waals surface area (Å²) >= 11 is 0. The van der Waals surface area contributed by atoms with Gasteiger partial charge in [0.2, 0.25) is 0 Å². The Labute approximate surface area is 82.1 Å². The second-order valence-electron chi connectivity index (χ2n) is 3.40. The molecule has 1 atom stereocenters. The van der Waals surface area contributed by atoms with E-state index in [4.69, 9.17) is 5.73 Å². The largest absolute Gasteiger partial charge is 0.465 e. The Bertz CT molecular complexity index is 376. The SMILES string of the molecule is COC(=O)c1cncc2c1[C@H](N)CC2. The van der Waals surface area contributed by atoms with Crippen molar-refractivity contribution in [1.82, 2.24) is 4.98 Å². The van der Waals surface area contributed by atoms with Gasteiger partial charge in [0.15, 0.2) is 0 Å². The highest BCUT2D eigenvalue weighted by Gasteiger charge is 2.25. The van der Waals surface area contributed by atoms with Crippen LogP contribution in [0.15, 0.2) is 12.4 Å². The van der Waals surface area contributed by atoms with Gasteiger partial charge in [-0.1, -0.05) is 0 Å². The van der Waals surface area contributed by atoms with Gasteiger partial charge in [-0.25, -0.2) is 4.79 Å². The van der Waals surface area contributed by atoms with Crippen LogP contribution in [0.2, 0.25) is 0 Å². The number of hydrogen-bond donors (Lipinski definition) is 1. The molecule has 0 amide bonds. The number of carbonyl (C=O) groups is 1. The molecule has 0 aliphatic heterocycles. The number of nitrogens with two attached hydrogens (primary N) is 1. The van der Waals surface area contributed by atoms with Crippen LogP contribution in [0.5, 0.6) is 0 Å². The topological polar surface area (TPSA) is 65.2 Å². The van der Waals surface area contributed by atoms with E-state index in [1.807, 2.05) is 0 Å².